The zero-order valence-electron chi connectivity index (χ0n) is 15.0. The second-order valence-electron chi connectivity index (χ2n) is 6.15. The predicted molar refractivity (Wildman–Crippen MR) is 111 cm³/mol. The van der Waals surface area contributed by atoms with E-state index < -0.39 is 17.3 Å². The van der Waals surface area contributed by atoms with E-state index in [9.17, 15) is 19.1 Å². The topological polar surface area (TPSA) is 72.2 Å². The Morgan fingerprint density at radius 2 is 1.79 bits per heavy atom. The van der Waals surface area contributed by atoms with Crippen LogP contribution in [0.4, 0.5) is 4.39 Å². The molecule has 2 aromatic heterocycles. The number of carbonyl (C=O) groups is 1. The molecule has 3 rings (SSSR count). The standard InChI is InChI=1S/C20H14Cl3FN2O3/c1-2-26-12(8-11-4-6-14(22)19(24)25-11)9-16(27)17(20(28)29)18(26)10-3-5-13(21)15(23)7-10/h3-7,9H,2,8H2,1H3,(H,28,29). The van der Waals surface area contributed by atoms with E-state index in [0.29, 0.717) is 28.5 Å². The summed E-state index contributed by atoms with van der Waals surface area (Å²) >= 11 is 17.7. The highest BCUT2D eigenvalue weighted by Crippen LogP contribution is 2.31. The van der Waals surface area contributed by atoms with Gasteiger partial charge in [0, 0.05) is 36.0 Å². The first-order valence-electron chi connectivity index (χ1n) is 8.49. The summed E-state index contributed by atoms with van der Waals surface area (Å²) < 4.78 is 15.4. The molecule has 0 atom stereocenters. The molecule has 1 aromatic carbocycles. The smallest absolute Gasteiger partial charge is 0.341 e. The van der Waals surface area contributed by atoms with Gasteiger partial charge in [-0.1, -0.05) is 40.9 Å². The average Bonchev–Trinajstić information content (AvgIpc) is 2.66. The highest BCUT2D eigenvalue weighted by atomic mass is 35.5. The number of hydrogen-bond acceptors (Lipinski definition) is 3. The van der Waals surface area contributed by atoms with Crippen molar-refractivity contribution in [3.8, 4) is 11.3 Å². The molecule has 0 bridgehead atoms. The molecule has 3 aromatic rings. The largest absolute Gasteiger partial charge is 0.477 e. The molecule has 2 heterocycles. The van der Waals surface area contributed by atoms with Gasteiger partial charge in [-0.15, -0.1) is 0 Å². The van der Waals surface area contributed by atoms with E-state index in [-0.39, 0.29) is 27.7 Å². The van der Waals surface area contributed by atoms with Gasteiger partial charge in [0.15, 0.2) is 5.43 Å². The van der Waals surface area contributed by atoms with Gasteiger partial charge in [-0.2, -0.15) is 4.39 Å². The van der Waals surface area contributed by atoms with E-state index >= 15 is 0 Å². The van der Waals surface area contributed by atoms with Gasteiger partial charge in [-0.25, -0.2) is 9.78 Å². The Hall–Kier alpha value is -2.41. The lowest BCUT2D eigenvalue weighted by atomic mass is 10.0. The van der Waals surface area contributed by atoms with E-state index in [1.54, 1.807) is 23.6 Å². The molecule has 150 valence electrons. The van der Waals surface area contributed by atoms with Crippen molar-refractivity contribution in [2.75, 3.05) is 0 Å². The van der Waals surface area contributed by atoms with Crippen LogP contribution >= 0.6 is 34.8 Å². The number of aromatic carboxylic acids is 1. The molecule has 0 radical (unpaired) electrons. The minimum atomic E-state index is -1.36. The lowest BCUT2D eigenvalue weighted by molar-refractivity contribution is 0.0695. The molecule has 0 aliphatic carbocycles. The van der Waals surface area contributed by atoms with E-state index in [1.807, 2.05) is 0 Å². The molecule has 0 aliphatic heterocycles. The zero-order chi connectivity index (χ0) is 21.3. The fourth-order valence-electron chi connectivity index (χ4n) is 3.09. The summed E-state index contributed by atoms with van der Waals surface area (Å²) in [6.07, 6.45) is 0.103. The molecule has 5 nitrogen and oxygen atoms in total. The lowest BCUT2D eigenvalue weighted by Crippen LogP contribution is -2.23. The monoisotopic (exact) mass is 454 g/mol. The van der Waals surface area contributed by atoms with Crippen LogP contribution in [-0.2, 0) is 13.0 Å². The molecular weight excluding hydrogens is 442 g/mol. The predicted octanol–water partition coefficient (Wildman–Crippen LogP) is 5.32. The van der Waals surface area contributed by atoms with Gasteiger partial charge < -0.3 is 9.67 Å². The third-order valence-corrected chi connectivity index (χ3v) is 5.36. The fraction of sp³-hybridized carbons (Fsp3) is 0.150. The quantitative estimate of drug-likeness (QED) is 0.529. The minimum Gasteiger partial charge on any atom is -0.477 e. The third kappa shape index (κ3) is 4.29. The van der Waals surface area contributed by atoms with Gasteiger partial charge >= 0.3 is 5.97 Å². The maximum atomic E-state index is 13.7. The summed E-state index contributed by atoms with van der Waals surface area (Å²) in [4.78, 5) is 28.3. The molecule has 9 heteroatoms. The van der Waals surface area contributed by atoms with Gasteiger partial charge in [0.05, 0.1) is 20.8 Å². The van der Waals surface area contributed by atoms with Crippen LogP contribution in [0.25, 0.3) is 11.3 Å². The first kappa shape index (κ1) is 21.3. The summed E-state index contributed by atoms with van der Waals surface area (Å²) in [7, 11) is 0. The number of halogens is 4. The second kappa shape index (κ2) is 8.53. The normalized spacial score (nSPS) is 10.9. The summed E-state index contributed by atoms with van der Waals surface area (Å²) in [6, 6.07) is 8.76. The lowest BCUT2D eigenvalue weighted by Gasteiger charge is -2.20. The van der Waals surface area contributed by atoms with Crippen LogP contribution in [0, 0.1) is 5.95 Å². The number of carboxylic acid groups (broad SMARTS) is 1. The second-order valence-corrected chi connectivity index (χ2v) is 7.38. The highest BCUT2D eigenvalue weighted by molar-refractivity contribution is 6.42. The highest BCUT2D eigenvalue weighted by Gasteiger charge is 2.22. The molecular formula is C20H14Cl3FN2O3. The van der Waals surface area contributed by atoms with Crippen molar-refractivity contribution in [2.45, 2.75) is 19.9 Å². The van der Waals surface area contributed by atoms with Gasteiger partial charge in [-0.3, -0.25) is 4.79 Å². The van der Waals surface area contributed by atoms with E-state index in [4.69, 9.17) is 34.8 Å². The molecule has 29 heavy (non-hydrogen) atoms. The van der Waals surface area contributed by atoms with Crippen LogP contribution in [0.15, 0.2) is 41.2 Å². The molecule has 0 spiro atoms. The van der Waals surface area contributed by atoms with Crippen LogP contribution in [0.1, 0.15) is 28.7 Å². The van der Waals surface area contributed by atoms with Crippen molar-refractivity contribution >= 4 is 40.8 Å². The van der Waals surface area contributed by atoms with Gasteiger partial charge in [0.1, 0.15) is 5.56 Å². The molecule has 0 unspecified atom stereocenters. The number of pyridine rings is 2. The minimum absolute atomic E-state index is 0.103. The van der Waals surface area contributed by atoms with Crippen LogP contribution in [0.5, 0.6) is 0 Å². The first-order chi connectivity index (χ1) is 13.7. The summed E-state index contributed by atoms with van der Waals surface area (Å²) in [5, 5.41) is 10.1. The molecule has 1 N–H and O–H groups in total. The van der Waals surface area contributed by atoms with Crippen molar-refractivity contribution in [1.82, 2.24) is 9.55 Å². The number of benzene rings is 1. The Bertz CT molecular complexity index is 1180. The summed E-state index contributed by atoms with van der Waals surface area (Å²) in [5.41, 5.74) is 0.370. The van der Waals surface area contributed by atoms with Crippen molar-refractivity contribution < 1.29 is 14.3 Å². The Morgan fingerprint density at radius 1 is 1.10 bits per heavy atom. The maximum absolute atomic E-state index is 13.7. The van der Waals surface area contributed by atoms with Gasteiger partial charge in [0.2, 0.25) is 5.95 Å². The molecule has 0 aliphatic rings. The van der Waals surface area contributed by atoms with Crippen molar-refractivity contribution in [3.63, 3.8) is 0 Å². The van der Waals surface area contributed by atoms with Crippen LogP contribution in [-0.4, -0.2) is 20.6 Å². The molecule has 0 fully saturated rings. The van der Waals surface area contributed by atoms with Gasteiger partial charge in [0.25, 0.3) is 0 Å². The van der Waals surface area contributed by atoms with Crippen LogP contribution in [0.2, 0.25) is 15.1 Å². The Labute approximate surface area is 180 Å². The van der Waals surface area contributed by atoms with Crippen molar-refractivity contribution in [2.24, 2.45) is 0 Å². The zero-order valence-corrected chi connectivity index (χ0v) is 17.3. The van der Waals surface area contributed by atoms with Gasteiger partial charge in [-0.05, 0) is 31.2 Å². The van der Waals surface area contributed by atoms with Crippen molar-refractivity contribution in [3.05, 3.63) is 84.6 Å². The third-order valence-electron chi connectivity index (χ3n) is 4.34. The molecule has 0 saturated carbocycles. The molecule has 0 saturated heterocycles. The number of hydrogen-bond donors (Lipinski definition) is 1. The Balaban J connectivity index is 2.27. The summed E-state index contributed by atoms with van der Waals surface area (Å²) in [6.45, 7) is 2.15. The number of carboxylic acids is 1. The fourth-order valence-corrected chi connectivity index (χ4v) is 3.50. The maximum Gasteiger partial charge on any atom is 0.341 e. The number of aromatic nitrogens is 2. The van der Waals surface area contributed by atoms with Crippen LogP contribution in [0.3, 0.4) is 0 Å². The van der Waals surface area contributed by atoms with E-state index in [0.717, 1.165) is 0 Å². The summed E-state index contributed by atoms with van der Waals surface area (Å²) in [5.74, 6) is -2.18. The van der Waals surface area contributed by atoms with Crippen LogP contribution < -0.4 is 5.43 Å². The average molecular weight is 456 g/mol. The van der Waals surface area contributed by atoms with Crippen molar-refractivity contribution in [1.29, 1.82) is 0 Å². The number of nitrogens with zero attached hydrogens (tertiary/aromatic N) is 2. The SMILES string of the molecule is CCn1c(Cc2ccc(Cl)c(F)n2)cc(=O)c(C(=O)O)c1-c1ccc(Cl)c(Cl)c1. The molecule has 0 amide bonds. The van der Waals surface area contributed by atoms with E-state index in [1.165, 1.54) is 24.3 Å². The Morgan fingerprint density at radius 3 is 2.38 bits per heavy atom. The first-order valence-corrected chi connectivity index (χ1v) is 9.62. The van der Waals surface area contributed by atoms with E-state index in [2.05, 4.69) is 4.98 Å². The Kier molecular flexibility index (Phi) is 6.27. The number of rotatable bonds is 5.